The van der Waals surface area contributed by atoms with E-state index in [0.717, 1.165) is 18.9 Å². The molecule has 4 rings (SSSR count). The van der Waals surface area contributed by atoms with Gasteiger partial charge in [0.05, 0.1) is 36.4 Å². The Bertz CT molecular complexity index is 1110. The highest BCUT2D eigenvalue weighted by molar-refractivity contribution is 5.92. The van der Waals surface area contributed by atoms with Crippen LogP contribution in [0.4, 0.5) is 17.3 Å². The van der Waals surface area contributed by atoms with Crippen molar-refractivity contribution in [3.8, 4) is 0 Å². The number of nitrogens with zero attached hydrogens (tertiary/aromatic N) is 3. The lowest BCUT2D eigenvalue weighted by Gasteiger charge is -2.32. The minimum Gasteiger partial charge on any atom is -0.481 e. The Kier molecular flexibility index (Phi) is 5.62. The largest absolute Gasteiger partial charge is 0.481 e. The minimum absolute atomic E-state index is 0.0324. The van der Waals surface area contributed by atoms with Crippen LogP contribution in [-0.4, -0.2) is 51.8 Å². The number of pyridine rings is 3. The summed E-state index contributed by atoms with van der Waals surface area (Å²) in [7, 11) is 0. The maximum absolute atomic E-state index is 12.4. The van der Waals surface area contributed by atoms with Crippen molar-refractivity contribution < 1.29 is 14.6 Å². The van der Waals surface area contributed by atoms with Crippen molar-refractivity contribution in [1.29, 1.82) is 0 Å². The van der Waals surface area contributed by atoms with E-state index in [1.807, 2.05) is 19.1 Å². The van der Waals surface area contributed by atoms with E-state index in [0.29, 0.717) is 34.6 Å². The molecule has 9 heteroatoms. The van der Waals surface area contributed by atoms with E-state index in [-0.39, 0.29) is 24.5 Å². The number of fused-ring (bicyclic) bond motifs is 1. The third-order valence-corrected chi connectivity index (χ3v) is 4.98. The van der Waals surface area contributed by atoms with Gasteiger partial charge in [0.25, 0.3) is 5.56 Å². The number of carboxylic acids is 1. The fourth-order valence-corrected chi connectivity index (χ4v) is 3.53. The fourth-order valence-electron chi connectivity index (χ4n) is 3.53. The number of anilines is 3. The number of hydrogen-bond donors (Lipinski definition) is 3. The van der Waals surface area contributed by atoms with Gasteiger partial charge in [0, 0.05) is 31.4 Å². The number of rotatable bonds is 6. The number of nitrogens with one attached hydrogen (secondary N) is 2. The molecule has 0 amide bonds. The minimum atomic E-state index is -0.894. The summed E-state index contributed by atoms with van der Waals surface area (Å²) in [4.78, 5) is 37.2. The smallest absolute Gasteiger partial charge is 0.303 e. The van der Waals surface area contributed by atoms with Crippen LogP contribution in [0, 0.1) is 0 Å². The van der Waals surface area contributed by atoms with E-state index in [2.05, 4.69) is 25.2 Å². The van der Waals surface area contributed by atoms with E-state index in [9.17, 15) is 9.59 Å². The van der Waals surface area contributed by atoms with Crippen molar-refractivity contribution in [1.82, 2.24) is 15.0 Å². The van der Waals surface area contributed by atoms with Crippen LogP contribution in [0.1, 0.15) is 19.0 Å². The van der Waals surface area contributed by atoms with Crippen molar-refractivity contribution in [2.45, 2.75) is 25.9 Å². The lowest BCUT2D eigenvalue weighted by Crippen LogP contribution is -2.41. The number of carbonyl (C=O) groups is 1. The Morgan fingerprint density at radius 2 is 2.27 bits per heavy atom. The summed E-state index contributed by atoms with van der Waals surface area (Å²) in [5.74, 6) is 0.348. The van der Waals surface area contributed by atoms with E-state index in [4.69, 9.17) is 9.84 Å². The summed E-state index contributed by atoms with van der Waals surface area (Å²) in [5.41, 5.74) is 1.02. The molecule has 1 atom stereocenters. The van der Waals surface area contributed by atoms with Crippen molar-refractivity contribution in [3.63, 3.8) is 0 Å². The predicted octanol–water partition coefficient (Wildman–Crippen LogP) is 2.30. The molecule has 1 aliphatic heterocycles. The summed E-state index contributed by atoms with van der Waals surface area (Å²) < 4.78 is 5.57. The normalized spacial score (nSPS) is 16.6. The molecular formula is C21H23N5O4. The molecule has 3 aromatic rings. The summed E-state index contributed by atoms with van der Waals surface area (Å²) in [5, 5.41) is 13.3. The highest BCUT2D eigenvalue weighted by Crippen LogP contribution is 2.24. The Hall–Kier alpha value is -3.46. The Morgan fingerprint density at radius 3 is 3.00 bits per heavy atom. The third-order valence-electron chi connectivity index (χ3n) is 4.98. The van der Waals surface area contributed by atoms with Crippen LogP contribution < -0.4 is 15.8 Å². The standard InChI is InChI=1S/C21H23N5O4/c1-13-12-26(8-9-30-13)17-4-2-16(11-23-17)25-20-19-14(6-7-22-21(19)29)10-15(24-20)3-5-18(27)28/h2,4,6-7,10-11,13H,3,5,8-9,12H2,1H3,(H,22,29)(H,24,25)(H,27,28)/t13-/m1/s1. The molecule has 156 valence electrons. The van der Waals surface area contributed by atoms with Crippen LogP contribution in [0.5, 0.6) is 0 Å². The maximum atomic E-state index is 12.4. The molecule has 0 aromatic carbocycles. The van der Waals surface area contributed by atoms with Gasteiger partial charge in [-0.25, -0.2) is 9.97 Å². The highest BCUT2D eigenvalue weighted by atomic mass is 16.5. The zero-order chi connectivity index (χ0) is 21.1. The SMILES string of the molecule is C[C@@H]1CN(c2ccc(Nc3nc(CCC(=O)O)cc4cc[nH]c(=O)c34)cn2)CCO1. The van der Waals surface area contributed by atoms with E-state index >= 15 is 0 Å². The molecular weight excluding hydrogens is 386 g/mol. The topological polar surface area (TPSA) is 120 Å². The first-order chi connectivity index (χ1) is 14.5. The number of hydrogen-bond acceptors (Lipinski definition) is 7. The van der Waals surface area contributed by atoms with Gasteiger partial charge in [-0.3, -0.25) is 9.59 Å². The Labute approximate surface area is 172 Å². The molecule has 30 heavy (non-hydrogen) atoms. The van der Waals surface area contributed by atoms with Crippen LogP contribution >= 0.6 is 0 Å². The lowest BCUT2D eigenvalue weighted by atomic mass is 10.1. The number of aliphatic carboxylic acids is 1. The molecule has 1 aliphatic rings. The van der Waals surface area contributed by atoms with Gasteiger partial charge in [-0.15, -0.1) is 0 Å². The van der Waals surface area contributed by atoms with Gasteiger partial charge in [0.2, 0.25) is 0 Å². The van der Waals surface area contributed by atoms with Gasteiger partial charge >= 0.3 is 5.97 Å². The molecule has 1 saturated heterocycles. The first kappa shape index (κ1) is 19.8. The molecule has 3 aromatic heterocycles. The number of H-pyrrole nitrogens is 1. The van der Waals surface area contributed by atoms with Crippen LogP contribution in [0.25, 0.3) is 10.8 Å². The highest BCUT2D eigenvalue weighted by Gasteiger charge is 2.18. The zero-order valence-corrected chi connectivity index (χ0v) is 16.6. The van der Waals surface area contributed by atoms with Crippen molar-refractivity contribution in [3.05, 3.63) is 52.7 Å². The molecule has 0 bridgehead atoms. The predicted molar refractivity (Wildman–Crippen MR) is 113 cm³/mol. The van der Waals surface area contributed by atoms with Crippen molar-refractivity contribution in [2.24, 2.45) is 0 Å². The summed E-state index contributed by atoms with van der Waals surface area (Å²) in [6, 6.07) is 7.33. The Balaban J connectivity index is 1.62. The van der Waals surface area contributed by atoms with Gasteiger partial charge in [-0.05, 0) is 36.6 Å². The molecule has 3 N–H and O–H groups in total. The molecule has 1 fully saturated rings. The monoisotopic (exact) mass is 409 g/mol. The fraction of sp³-hybridized carbons (Fsp3) is 0.333. The molecule has 0 aliphatic carbocycles. The zero-order valence-electron chi connectivity index (χ0n) is 16.6. The van der Waals surface area contributed by atoms with E-state index in [1.54, 1.807) is 24.5 Å². The number of ether oxygens (including phenoxy) is 1. The van der Waals surface area contributed by atoms with E-state index in [1.165, 1.54) is 0 Å². The van der Waals surface area contributed by atoms with Gasteiger partial charge in [0.1, 0.15) is 11.6 Å². The molecule has 0 saturated carbocycles. The van der Waals surface area contributed by atoms with E-state index < -0.39 is 5.97 Å². The van der Waals surface area contributed by atoms with Gasteiger partial charge in [0.15, 0.2) is 0 Å². The second-order valence-corrected chi connectivity index (χ2v) is 7.28. The lowest BCUT2D eigenvalue weighted by molar-refractivity contribution is -0.136. The first-order valence-electron chi connectivity index (χ1n) is 9.82. The summed E-state index contributed by atoms with van der Waals surface area (Å²) >= 11 is 0. The molecule has 0 radical (unpaired) electrons. The van der Waals surface area contributed by atoms with Crippen molar-refractivity contribution in [2.75, 3.05) is 29.9 Å². The number of carboxylic acid groups (broad SMARTS) is 1. The molecule has 0 unspecified atom stereocenters. The molecule has 9 nitrogen and oxygen atoms in total. The van der Waals surface area contributed by atoms with Crippen LogP contribution in [-0.2, 0) is 16.0 Å². The quantitative estimate of drug-likeness (QED) is 0.567. The average Bonchev–Trinajstić information content (AvgIpc) is 2.73. The number of aromatic amines is 1. The van der Waals surface area contributed by atoms with Crippen molar-refractivity contribution >= 4 is 34.1 Å². The molecule has 0 spiro atoms. The molecule has 4 heterocycles. The Morgan fingerprint density at radius 1 is 1.40 bits per heavy atom. The van der Waals surface area contributed by atoms with Gasteiger partial charge in [-0.1, -0.05) is 0 Å². The summed E-state index contributed by atoms with van der Waals surface area (Å²) in [6.07, 6.45) is 3.67. The van der Waals surface area contributed by atoms with Gasteiger partial charge in [-0.2, -0.15) is 0 Å². The average molecular weight is 409 g/mol. The first-order valence-corrected chi connectivity index (χ1v) is 9.82. The number of aryl methyl sites for hydroxylation is 1. The number of morpholine rings is 1. The maximum Gasteiger partial charge on any atom is 0.303 e. The second-order valence-electron chi connectivity index (χ2n) is 7.28. The summed E-state index contributed by atoms with van der Waals surface area (Å²) in [6.45, 7) is 4.28. The second kappa shape index (κ2) is 8.50. The number of aromatic nitrogens is 3. The van der Waals surface area contributed by atoms with Crippen LogP contribution in [0.15, 0.2) is 41.5 Å². The third kappa shape index (κ3) is 4.41. The van der Waals surface area contributed by atoms with Gasteiger partial charge < -0.3 is 25.0 Å². The van der Waals surface area contributed by atoms with Crippen LogP contribution in [0.3, 0.4) is 0 Å². The van der Waals surface area contributed by atoms with Crippen LogP contribution in [0.2, 0.25) is 0 Å².